The fourth-order valence-electron chi connectivity index (χ4n) is 14.4. The standard InChI is InChI=1S/C84H57N3Si/c1-5-24-58(25-6-1)61-30-21-35-70(52-61)88(69-33-11-4-12-34-69,71-36-22-31-62(53-71)59-26-7-2-8-27-59)72-37-23-32-63(54-72)65-50-67(86-81-44-19-15-40-75(81)77-55-64(46-48-83(77)86)60-28-9-3-10-29-60)56-68(51-65)87-82-45-20-16-41-76(82)78-57-66(47-49-84(78)87)85-79-42-17-13-38-73(79)74-39-14-18-43-80(74)85/h1-57H. The van der Waals surface area contributed by atoms with E-state index >= 15 is 0 Å². The first-order valence-corrected chi connectivity index (χ1v) is 32.4. The Labute approximate surface area is 512 Å². The highest BCUT2D eigenvalue weighted by molar-refractivity contribution is 7.20. The third-order valence-electron chi connectivity index (χ3n) is 18.3. The van der Waals surface area contributed by atoms with Crippen molar-refractivity contribution in [3.63, 3.8) is 0 Å². The predicted molar refractivity (Wildman–Crippen MR) is 375 cm³/mol. The number of fused-ring (bicyclic) bond motifs is 9. The lowest BCUT2D eigenvalue weighted by Gasteiger charge is -2.35. The summed E-state index contributed by atoms with van der Waals surface area (Å²) in [5.41, 5.74) is 19.8. The summed E-state index contributed by atoms with van der Waals surface area (Å²) in [7, 11) is -3.18. The minimum absolute atomic E-state index is 1.08. The van der Waals surface area contributed by atoms with Gasteiger partial charge in [0.15, 0.2) is 8.07 Å². The van der Waals surface area contributed by atoms with Crippen LogP contribution >= 0.6 is 0 Å². The minimum Gasteiger partial charge on any atom is -0.309 e. The normalized spacial score (nSPS) is 11.9. The summed E-state index contributed by atoms with van der Waals surface area (Å²) >= 11 is 0. The SMILES string of the molecule is c1ccc(-c2cccc([Si](c3ccccc3)(c3cccc(-c4ccccc4)c3)c3cccc(-c4cc(-n5c6ccccc6c6cc(-c7ccccc7)ccc65)cc(-n5c6ccccc6c6cc(-n7c8ccccc8c8ccccc87)ccc65)c4)c3)c2)cc1. The van der Waals surface area contributed by atoms with Gasteiger partial charge in [0.2, 0.25) is 0 Å². The second-order valence-electron chi connectivity index (χ2n) is 23.2. The summed E-state index contributed by atoms with van der Waals surface area (Å²) in [4.78, 5) is 0. The maximum Gasteiger partial charge on any atom is 0.179 e. The molecule has 0 saturated heterocycles. The molecule has 0 N–H and O–H groups in total. The smallest absolute Gasteiger partial charge is 0.179 e. The first kappa shape index (κ1) is 51.1. The third kappa shape index (κ3) is 8.33. The largest absolute Gasteiger partial charge is 0.309 e. The van der Waals surface area contributed by atoms with Crippen molar-refractivity contribution in [2.24, 2.45) is 0 Å². The number of hydrogen-bond donors (Lipinski definition) is 0. The highest BCUT2D eigenvalue weighted by atomic mass is 28.3. The van der Waals surface area contributed by atoms with Crippen LogP contribution in [0.1, 0.15) is 0 Å². The molecule has 0 bridgehead atoms. The maximum absolute atomic E-state index is 3.18. The van der Waals surface area contributed by atoms with Crippen molar-refractivity contribution in [2.75, 3.05) is 0 Å². The molecule has 3 heterocycles. The molecular formula is C84H57N3Si. The van der Waals surface area contributed by atoms with E-state index in [2.05, 4.69) is 359 Å². The Hall–Kier alpha value is -11.3. The monoisotopic (exact) mass is 1140 g/mol. The van der Waals surface area contributed by atoms with Gasteiger partial charge in [-0.2, -0.15) is 0 Å². The van der Waals surface area contributed by atoms with Crippen molar-refractivity contribution < 1.29 is 0 Å². The molecule has 0 aliphatic rings. The summed E-state index contributed by atoms with van der Waals surface area (Å²) < 4.78 is 7.44. The van der Waals surface area contributed by atoms with E-state index in [0.717, 1.165) is 50.3 Å². The van der Waals surface area contributed by atoms with Gasteiger partial charge in [-0.3, -0.25) is 0 Å². The van der Waals surface area contributed by atoms with Gasteiger partial charge in [-0.15, -0.1) is 0 Å². The fourth-order valence-corrected chi connectivity index (χ4v) is 19.3. The van der Waals surface area contributed by atoms with Gasteiger partial charge in [-0.1, -0.05) is 273 Å². The van der Waals surface area contributed by atoms with E-state index in [1.165, 1.54) is 97.5 Å². The molecule has 17 rings (SSSR count). The van der Waals surface area contributed by atoms with Crippen LogP contribution in [0.25, 0.3) is 127 Å². The Morgan fingerprint density at radius 1 is 0.159 bits per heavy atom. The molecule has 0 aliphatic carbocycles. The number of benzene rings is 14. The van der Waals surface area contributed by atoms with Crippen LogP contribution < -0.4 is 20.7 Å². The van der Waals surface area contributed by atoms with Gasteiger partial charge < -0.3 is 13.7 Å². The topological polar surface area (TPSA) is 14.8 Å². The van der Waals surface area contributed by atoms with E-state index in [-0.39, 0.29) is 0 Å². The number of aromatic nitrogens is 3. The predicted octanol–water partition coefficient (Wildman–Crippen LogP) is 19.0. The van der Waals surface area contributed by atoms with Gasteiger partial charge in [0.05, 0.1) is 33.1 Å². The molecule has 14 aromatic carbocycles. The molecule has 3 nitrogen and oxygen atoms in total. The zero-order valence-corrected chi connectivity index (χ0v) is 49.3. The molecule has 17 aromatic rings. The second kappa shape index (κ2) is 21.0. The van der Waals surface area contributed by atoms with Gasteiger partial charge in [0.25, 0.3) is 0 Å². The van der Waals surface area contributed by atoms with Crippen molar-refractivity contribution in [3.8, 4) is 61.6 Å². The van der Waals surface area contributed by atoms with E-state index < -0.39 is 8.07 Å². The maximum atomic E-state index is 2.54. The first-order valence-electron chi connectivity index (χ1n) is 30.4. The molecular weight excluding hydrogens is 1080 g/mol. The molecule has 0 unspecified atom stereocenters. The number of para-hydroxylation sites is 4. The van der Waals surface area contributed by atoms with Crippen molar-refractivity contribution in [2.45, 2.75) is 0 Å². The van der Waals surface area contributed by atoms with E-state index in [4.69, 9.17) is 0 Å². The number of hydrogen-bond acceptors (Lipinski definition) is 0. The Balaban J connectivity index is 0.933. The molecule has 0 atom stereocenters. The van der Waals surface area contributed by atoms with Crippen molar-refractivity contribution in [3.05, 3.63) is 346 Å². The lowest BCUT2D eigenvalue weighted by Crippen LogP contribution is -2.74. The van der Waals surface area contributed by atoms with Crippen molar-refractivity contribution in [1.82, 2.24) is 13.7 Å². The van der Waals surface area contributed by atoms with Crippen LogP contribution in [0.15, 0.2) is 346 Å². The van der Waals surface area contributed by atoms with Crippen LogP contribution in [-0.4, -0.2) is 21.8 Å². The van der Waals surface area contributed by atoms with E-state index in [1.807, 2.05) is 0 Å². The molecule has 3 aromatic heterocycles. The van der Waals surface area contributed by atoms with Crippen LogP contribution in [0.4, 0.5) is 0 Å². The van der Waals surface area contributed by atoms with Gasteiger partial charge in [0, 0.05) is 49.4 Å². The molecule has 0 aliphatic heterocycles. The molecule has 88 heavy (non-hydrogen) atoms. The first-order chi connectivity index (χ1) is 43.6. The van der Waals surface area contributed by atoms with E-state index in [9.17, 15) is 0 Å². The summed E-state index contributed by atoms with van der Waals surface area (Å²) in [6.45, 7) is 0. The van der Waals surface area contributed by atoms with Gasteiger partial charge in [-0.05, 0) is 138 Å². The second-order valence-corrected chi connectivity index (χ2v) is 27.0. The number of nitrogens with zero attached hydrogens (tertiary/aromatic N) is 3. The molecule has 0 saturated carbocycles. The Bertz CT molecular complexity index is 5370. The van der Waals surface area contributed by atoms with E-state index in [0.29, 0.717) is 0 Å². The Kier molecular flexibility index (Phi) is 12.2. The Morgan fingerprint density at radius 3 is 0.909 bits per heavy atom. The highest BCUT2D eigenvalue weighted by Crippen LogP contribution is 2.41. The quantitative estimate of drug-likeness (QED) is 0.0906. The molecule has 0 amide bonds. The van der Waals surface area contributed by atoms with Crippen LogP contribution in [0.2, 0.25) is 0 Å². The van der Waals surface area contributed by atoms with Gasteiger partial charge in [0.1, 0.15) is 0 Å². The van der Waals surface area contributed by atoms with Crippen molar-refractivity contribution in [1.29, 1.82) is 0 Å². The molecule has 412 valence electrons. The fraction of sp³-hybridized carbons (Fsp3) is 0. The zero-order chi connectivity index (χ0) is 58.1. The van der Waals surface area contributed by atoms with E-state index in [1.54, 1.807) is 0 Å². The molecule has 4 heteroatoms. The highest BCUT2D eigenvalue weighted by Gasteiger charge is 2.42. The zero-order valence-electron chi connectivity index (χ0n) is 48.3. The van der Waals surface area contributed by atoms with Gasteiger partial charge >= 0.3 is 0 Å². The summed E-state index contributed by atoms with van der Waals surface area (Å²) in [5.74, 6) is 0. The summed E-state index contributed by atoms with van der Waals surface area (Å²) in [6, 6.07) is 129. The lowest BCUT2D eigenvalue weighted by atomic mass is 10.0. The molecule has 0 spiro atoms. The number of rotatable bonds is 11. The summed E-state index contributed by atoms with van der Waals surface area (Å²) in [5, 5.41) is 12.6. The van der Waals surface area contributed by atoms with Crippen molar-refractivity contribution >= 4 is 94.2 Å². The molecule has 0 radical (unpaired) electrons. The summed E-state index contributed by atoms with van der Waals surface area (Å²) in [6.07, 6.45) is 0. The third-order valence-corrected chi connectivity index (χ3v) is 23.1. The minimum atomic E-state index is -3.18. The molecule has 0 fully saturated rings. The average molecular weight is 1140 g/mol. The Morgan fingerprint density at radius 2 is 0.466 bits per heavy atom. The van der Waals surface area contributed by atoms with Crippen LogP contribution in [0, 0.1) is 0 Å². The lowest BCUT2D eigenvalue weighted by molar-refractivity contribution is 1.13. The van der Waals surface area contributed by atoms with Crippen LogP contribution in [-0.2, 0) is 0 Å². The average Bonchev–Trinajstić information content (AvgIpc) is 1.58. The van der Waals surface area contributed by atoms with Gasteiger partial charge in [-0.25, -0.2) is 0 Å². The van der Waals surface area contributed by atoms with Crippen LogP contribution in [0.3, 0.4) is 0 Å². The van der Waals surface area contributed by atoms with Crippen LogP contribution in [0.5, 0.6) is 0 Å².